The van der Waals surface area contributed by atoms with Crippen molar-refractivity contribution in [1.82, 2.24) is 0 Å². The van der Waals surface area contributed by atoms with Gasteiger partial charge in [-0.15, -0.1) is 0 Å². The van der Waals surface area contributed by atoms with Gasteiger partial charge < -0.3 is 40.7 Å². The van der Waals surface area contributed by atoms with Crippen LogP contribution in [0.3, 0.4) is 0 Å². The van der Waals surface area contributed by atoms with Crippen LogP contribution in [0.2, 0.25) is 0 Å². The molecule has 0 spiro atoms. The first-order valence-electron chi connectivity index (χ1n) is 11.4. The molecule has 2 aliphatic heterocycles. The van der Waals surface area contributed by atoms with Crippen molar-refractivity contribution in [3.05, 3.63) is 71.4 Å². The smallest absolute Gasteiger partial charge is 0.256 e. The molecule has 0 radical (unpaired) electrons. The predicted octanol–water partition coefficient (Wildman–Crippen LogP) is 1.55. The van der Waals surface area contributed by atoms with Crippen LogP contribution in [-0.4, -0.2) is 21.0 Å². The Morgan fingerprint density at radius 3 is 2.44 bits per heavy atom. The number of hydrogen-bond donors (Lipinski definition) is 0. The number of nitriles is 1. The number of fused-ring (bicyclic) bond motifs is 5. The second-order valence-electron chi connectivity index (χ2n) is 8.47. The van der Waals surface area contributed by atoms with Crippen molar-refractivity contribution in [3.63, 3.8) is 0 Å². The van der Waals surface area contributed by atoms with Crippen LogP contribution < -0.4 is 45.2 Å². The summed E-state index contributed by atoms with van der Waals surface area (Å²) in [6.45, 7) is 1.37. The first-order chi connectivity index (χ1) is 17.2. The van der Waals surface area contributed by atoms with E-state index < -0.39 is 0 Å². The van der Waals surface area contributed by atoms with Gasteiger partial charge in [0.25, 0.3) is 5.69 Å². The topological polar surface area (TPSA) is 73.8 Å². The lowest BCUT2D eigenvalue weighted by Crippen LogP contribution is -3.00. The van der Waals surface area contributed by atoms with Gasteiger partial charge in [0.05, 0.1) is 36.8 Å². The van der Waals surface area contributed by atoms with Crippen molar-refractivity contribution < 1.29 is 45.2 Å². The van der Waals surface area contributed by atoms with E-state index in [4.69, 9.17) is 28.9 Å². The van der Waals surface area contributed by atoms with Crippen LogP contribution in [-0.2, 0) is 19.6 Å². The molecule has 0 bridgehead atoms. The molecule has 0 fully saturated rings. The van der Waals surface area contributed by atoms with Crippen LogP contribution in [0.4, 0.5) is 0 Å². The summed E-state index contributed by atoms with van der Waals surface area (Å²) in [7, 11) is 3.28. The Balaban J connectivity index is 0.00000267. The maximum Gasteiger partial charge on any atom is 0.256 e. The molecule has 0 saturated heterocycles. The fourth-order valence-corrected chi connectivity index (χ4v) is 4.84. The van der Waals surface area contributed by atoms with Gasteiger partial charge in [0, 0.05) is 11.8 Å². The van der Waals surface area contributed by atoms with Crippen molar-refractivity contribution in [3.8, 4) is 46.1 Å². The zero-order chi connectivity index (χ0) is 23.9. The zero-order valence-electron chi connectivity index (χ0n) is 19.8. The standard InChI is InChI=1S/C28H23N2O5.BrH/c1-31-23-8-7-20-22(27(23)32-2)14-30-10-9-19-11-24-25(35-16-34-24)12-21(19)26(30)28(20)33-15-18-5-3-17(13-29)4-6-18;/h3-8,11-12,14H,9-10,15-16H2,1-2H3;1H/q+1;/p-1. The molecule has 182 valence electrons. The third kappa shape index (κ3) is 3.86. The highest BCUT2D eigenvalue weighted by Gasteiger charge is 2.33. The van der Waals surface area contributed by atoms with E-state index in [1.54, 1.807) is 26.4 Å². The van der Waals surface area contributed by atoms with Gasteiger partial charge in [-0.2, -0.15) is 9.83 Å². The molecule has 36 heavy (non-hydrogen) atoms. The van der Waals surface area contributed by atoms with Crippen LogP contribution >= 0.6 is 0 Å². The molecule has 0 amide bonds. The number of methoxy groups -OCH3 is 2. The van der Waals surface area contributed by atoms with E-state index in [0.717, 1.165) is 57.8 Å². The fraction of sp³-hybridized carbons (Fsp3) is 0.214. The number of halogens is 1. The predicted molar refractivity (Wildman–Crippen MR) is 128 cm³/mol. The summed E-state index contributed by atoms with van der Waals surface area (Å²) in [6, 6.07) is 17.6. The molecule has 0 saturated carbocycles. The number of hydrogen-bond acceptors (Lipinski definition) is 6. The van der Waals surface area contributed by atoms with Crippen LogP contribution in [0, 0.1) is 11.3 Å². The normalized spacial score (nSPS) is 12.7. The minimum atomic E-state index is 0. The fourth-order valence-electron chi connectivity index (χ4n) is 4.84. The van der Waals surface area contributed by atoms with E-state index in [2.05, 4.69) is 22.9 Å². The highest BCUT2D eigenvalue weighted by Crippen LogP contribution is 2.46. The summed E-state index contributed by atoms with van der Waals surface area (Å²) in [4.78, 5) is 0. The lowest BCUT2D eigenvalue weighted by Gasteiger charge is -2.21. The molecular weight excluding hydrogens is 524 g/mol. The summed E-state index contributed by atoms with van der Waals surface area (Å²) < 4.78 is 31.4. The van der Waals surface area contributed by atoms with Crippen LogP contribution in [0.1, 0.15) is 16.7 Å². The first-order valence-corrected chi connectivity index (χ1v) is 11.4. The van der Waals surface area contributed by atoms with Crippen molar-refractivity contribution in [2.75, 3.05) is 21.0 Å². The zero-order valence-corrected chi connectivity index (χ0v) is 21.4. The van der Waals surface area contributed by atoms with Crippen molar-refractivity contribution in [2.24, 2.45) is 0 Å². The monoisotopic (exact) mass is 546 g/mol. The Labute approximate surface area is 219 Å². The maximum atomic E-state index is 9.11. The van der Waals surface area contributed by atoms with Gasteiger partial charge in [-0.25, -0.2) is 0 Å². The Morgan fingerprint density at radius 2 is 1.72 bits per heavy atom. The molecule has 1 aromatic heterocycles. The van der Waals surface area contributed by atoms with E-state index in [1.165, 1.54) is 5.56 Å². The molecule has 3 aromatic carbocycles. The Bertz CT molecular complexity index is 1510. The molecule has 0 unspecified atom stereocenters. The third-order valence-corrected chi connectivity index (χ3v) is 6.56. The number of ether oxygens (including phenoxy) is 5. The molecule has 3 heterocycles. The van der Waals surface area contributed by atoms with E-state index in [0.29, 0.717) is 23.7 Å². The minimum Gasteiger partial charge on any atom is -1.00 e. The number of pyridine rings is 1. The van der Waals surface area contributed by atoms with Gasteiger partial charge >= 0.3 is 0 Å². The summed E-state index contributed by atoms with van der Waals surface area (Å²) in [5, 5.41) is 10.9. The van der Waals surface area contributed by atoms with E-state index in [1.807, 2.05) is 30.3 Å². The average Bonchev–Trinajstić information content (AvgIpc) is 3.36. The summed E-state index contributed by atoms with van der Waals surface area (Å²) in [5.74, 6) is 3.61. The number of benzene rings is 3. The Hall–Kier alpha value is -3.96. The van der Waals surface area contributed by atoms with Crippen LogP contribution in [0.15, 0.2) is 54.7 Å². The van der Waals surface area contributed by atoms with Crippen molar-refractivity contribution >= 4 is 10.8 Å². The minimum absolute atomic E-state index is 0. The molecule has 4 aromatic rings. The lowest BCUT2D eigenvalue weighted by molar-refractivity contribution is -0.686. The largest absolute Gasteiger partial charge is 1.00 e. The van der Waals surface area contributed by atoms with Crippen LogP contribution in [0.5, 0.6) is 28.7 Å². The number of aromatic nitrogens is 1. The quantitative estimate of drug-likeness (QED) is 0.354. The van der Waals surface area contributed by atoms with E-state index in [9.17, 15) is 0 Å². The molecule has 0 aliphatic carbocycles. The first kappa shape index (κ1) is 23.8. The lowest BCUT2D eigenvalue weighted by atomic mass is 9.94. The highest BCUT2D eigenvalue weighted by atomic mass is 79.9. The molecule has 0 N–H and O–H groups in total. The van der Waals surface area contributed by atoms with Crippen molar-refractivity contribution in [1.29, 1.82) is 5.26 Å². The molecule has 8 heteroatoms. The number of aryl methyl sites for hydroxylation is 2. The second-order valence-corrected chi connectivity index (χ2v) is 8.47. The van der Waals surface area contributed by atoms with E-state index in [-0.39, 0.29) is 23.8 Å². The molecule has 7 nitrogen and oxygen atoms in total. The number of rotatable bonds is 5. The average molecular weight is 547 g/mol. The maximum absolute atomic E-state index is 9.11. The van der Waals surface area contributed by atoms with Gasteiger partial charge in [0.1, 0.15) is 6.61 Å². The molecule has 0 atom stereocenters. The van der Waals surface area contributed by atoms with Gasteiger partial charge in [-0.05, 0) is 47.5 Å². The van der Waals surface area contributed by atoms with Gasteiger partial charge in [0.2, 0.25) is 6.79 Å². The van der Waals surface area contributed by atoms with Crippen LogP contribution in [0.25, 0.3) is 22.0 Å². The van der Waals surface area contributed by atoms with Gasteiger partial charge in [0.15, 0.2) is 41.5 Å². The molecular formula is C28H23BrN2O5. The van der Waals surface area contributed by atoms with Crippen molar-refractivity contribution in [2.45, 2.75) is 19.6 Å². The van der Waals surface area contributed by atoms with Gasteiger partial charge in [-0.3, -0.25) is 0 Å². The highest BCUT2D eigenvalue weighted by molar-refractivity contribution is 5.97. The molecule has 2 aliphatic rings. The summed E-state index contributed by atoms with van der Waals surface area (Å²) in [5.41, 5.74) is 4.83. The second kappa shape index (κ2) is 9.59. The number of nitrogens with zero attached hydrogens (tertiary/aromatic N) is 2. The van der Waals surface area contributed by atoms with Gasteiger partial charge in [-0.1, -0.05) is 12.1 Å². The third-order valence-electron chi connectivity index (χ3n) is 6.56. The summed E-state index contributed by atoms with van der Waals surface area (Å²) in [6.07, 6.45) is 2.96. The Morgan fingerprint density at radius 1 is 0.944 bits per heavy atom. The molecule has 6 rings (SSSR count). The summed E-state index contributed by atoms with van der Waals surface area (Å²) >= 11 is 0. The Kier molecular flexibility index (Phi) is 6.33. The van der Waals surface area contributed by atoms with E-state index >= 15 is 0 Å². The SMILES string of the molecule is COc1ccc2c(OCc3ccc(C#N)cc3)c3[n+](cc2c1OC)CCc1cc2c(cc1-3)OCO2.[Br-].